The summed E-state index contributed by atoms with van der Waals surface area (Å²) in [6.45, 7) is 6.19. The van der Waals surface area contributed by atoms with Gasteiger partial charge in [0.05, 0.1) is 18.1 Å². The van der Waals surface area contributed by atoms with E-state index in [1.54, 1.807) is 13.0 Å². The minimum Gasteiger partial charge on any atom is -0.379 e. The maximum atomic E-state index is 13.0. The molecule has 0 aliphatic carbocycles. The van der Waals surface area contributed by atoms with Crippen molar-refractivity contribution in [2.45, 2.75) is 24.8 Å². The normalized spacial score (nSPS) is 16.5. The van der Waals surface area contributed by atoms with Crippen molar-refractivity contribution in [1.29, 1.82) is 0 Å². The summed E-state index contributed by atoms with van der Waals surface area (Å²) >= 11 is 0. The van der Waals surface area contributed by atoms with E-state index in [0.717, 1.165) is 11.1 Å². The molecule has 0 spiro atoms. The van der Waals surface area contributed by atoms with Gasteiger partial charge in [0, 0.05) is 31.7 Å². The first kappa shape index (κ1) is 21.4. The van der Waals surface area contributed by atoms with Crippen molar-refractivity contribution in [2.75, 3.05) is 32.8 Å². The van der Waals surface area contributed by atoms with Crippen molar-refractivity contribution in [3.05, 3.63) is 69.3 Å². The molecule has 1 atom stereocenters. The van der Waals surface area contributed by atoms with Gasteiger partial charge >= 0.3 is 0 Å². The molecule has 2 aromatic rings. The summed E-state index contributed by atoms with van der Waals surface area (Å²) in [6, 6.07) is 12.0. The zero-order valence-corrected chi connectivity index (χ0v) is 17.3. The van der Waals surface area contributed by atoms with Gasteiger partial charge < -0.3 is 4.74 Å². The Balaban J connectivity index is 1.90. The molecule has 0 saturated carbocycles. The average Bonchev–Trinajstić information content (AvgIpc) is 2.68. The topological polar surface area (TPSA) is 102 Å². The lowest BCUT2D eigenvalue weighted by atomic mass is 10.0. The third kappa shape index (κ3) is 4.99. The number of hydrogen-bond acceptors (Lipinski definition) is 6. The number of nitrogens with zero attached hydrogens (tertiary/aromatic N) is 2. The van der Waals surface area contributed by atoms with Crippen LogP contribution in [0.2, 0.25) is 0 Å². The van der Waals surface area contributed by atoms with Crippen LogP contribution in [0.4, 0.5) is 5.69 Å². The van der Waals surface area contributed by atoms with Gasteiger partial charge in [-0.15, -0.1) is 0 Å². The van der Waals surface area contributed by atoms with E-state index in [2.05, 4.69) is 9.62 Å². The van der Waals surface area contributed by atoms with Crippen LogP contribution in [-0.4, -0.2) is 51.1 Å². The van der Waals surface area contributed by atoms with E-state index in [9.17, 15) is 18.5 Å². The largest absolute Gasteiger partial charge is 0.379 e. The Morgan fingerprint density at radius 2 is 1.86 bits per heavy atom. The van der Waals surface area contributed by atoms with E-state index in [4.69, 9.17) is 4.74 Å². The predicted molar refractivity (Wildman–Crippen MR) is 109 cm³/mol. The summed E-state index contributed by atoms with van der Waals surface area (Å²) in [5.74, 6) is 0. The SMILES string of the molecule is Cc1cccc(C(CNS(=O)(=O)c2c(C)cccc2[N+](=O)[O-])N2CCOCC2)c1. The molecule has 1 aliphatic heterocycles. The number of benzene rings is 2. The average molecular weight is 420 g/mol. The highest BCUT2D eigenvalue weighted by Gasteiger charge is 2.30. The number of nitrogens with one attached hydrogen (secondary N) is 1. The van der Waals surface area contributed by atoms with Crippen molar-refractivity contribution >= 4 is 15.7 Å². The Hall–Kier alpha value is -2.33. The highest BCUT2D eigenvalue weighted by Crippen LogP contribution is 2.28. The minimum absolute atomic E-state index is 0.108. The minimum atomic E-state index is -4.07. The fourth-order valence-corrected chi connectivity index (χ4v) is 5.05. The summed E-state index contributed by atoms with van der Waals surface area (Å²) < 4.78 is 34.0. The molecule has 0 radical (unpaired) electrons. The first-order valence-electron chi connectivity index (χ1n) is 9.41. The summed E-state index contributed by atoms with van der Waals surface area (Å²) in [4.78, 5) is 12.6. The molecule has 1 fully saturated rings. The monoisotopic (exact) mass is 419 g/mol. The van der Waals surface area contributed by atoms with Crippen LogP contribution < -0.4 is 4.72 Å². The molecule has 1 N–H and O–H groups in total. The molecule has 0 amide bonds. The van der Waals surface area contributed by atoms with Crippen molar-refractivity contribution in [3.8, 4) is 0 Å². The van der Waals surface area contributed by atoms with Crippen molar-refractivity contribution < 1.29 is 18.1 Å². The molecule has 29 heavy (non-hydrogen) atoms. The van der Waals surface area contributed by atoms with Crippen LogP contribution in [0.25, 0.3) is 0 Å². The quantitative estimate of drug-likeness (QED) is 0.547. The molecular weight excluding hydrogens is 394 g/mol. The van der Waals surface area contributed by atoms with Gasteiger partial charge in [0.15, 0.2) is 4.90 Å². The number of rotatable bonds is 7. The number of sulfonamides is 1. The Morgan fingerprint density at radius 3 is 2.52 bits per heavy atom. The van der Waals surface area contributed by atoms with E-state index in [1.165, 1.54) is 12.1 Å². The molecule has 8 nitrogen and oxygen atoms in total. The van der Waals surface area contributed by atoms with Crippen LogP contribution in [-0.2, 0) is 14.8 Å². The maximum absolute atomic E-state index is 13.0. The summed E-state index contributed by atoms with van der Waals surface area (Å²) in [7, 11) is -4.07. The van der Waals surface area contributed by atoms with Gasteiger partial charge in [-0.25, -0.2) is 13.1 Å². The highest BCUT2D eigenvalue weighted by atomic mass is 32.2. The number of nitro benzene ring substituents is 1. The number of nitro groups is 1. The molecule has 1 heterocycles. The molecule has 1 unspecified atom stereocenters. The highest BCUT2D eigenvalue weighted by molar-refractivity contribution is 7.89. The zero-order valence-electron chi connectivity index (χ0n) is 16.5. The van der Waals surface area contributed by atoms with Crippen molar-refractivity contribution in [1.82, 2.24) is 9.62 Å². The van der Waals surface area contributed by atoms with Crippen molar-refractivity contribution in [2.24, 2.45) is 0 Å². The van der Waals surface area contributed by atoms with Gasteiger partial charge in [-0.05, 0) is 25.0 Å². The van der Waals surface area contributed by atoms with E-state index in [-0.39, 0.29) is 17.5 Å². The molecule has 9 heteroatoms. The van der Waals surface area contributed by atoms with E-state index in [0.29, 0.717) is 31.9 Å². The second-order valence-corrected chi connectivity index (χ2v) is 8.81. The number of hydrogen-bond donors (Lipinski definition) is 1. The molecule has 0 bridgehead atoms. The summed E-state index contributed by atoms with van der Waals surface area (Å²) in [5, 5.41) is 11.4. The van der Waals surface area contributed by atoms with Gasteiger partial charge in [-0.3, -0.25) is 15.0 Å². The standard InChI is InChI=1S/C20H25N3O5S/c1-15-5-3-7-17(13-15)19(22-9-11-28-12-10-22)14-21-29(26,27)20-16(2)6-4-8-18(20)23(24)25/h3-8,13,19,21H,9-12,14H2,1-2H3. The Kier molecular flexibility index (Phi) is 6.63. The van der Waals surface area contributed by atoms with Gasteiger partial charge in [0.25, 0.3) is 5.69 Å². The third-order valence-corrected chi connectivity index (χ3v) is 6.65. The number of ether oxygens (including phenoxy) is 1. The molecule has 1 aliphatic rings. The fourth-order valence-electron chi connectivity index (χ4n) is 3.62. The van der Waals surface area contributed by atoms with E-state index < -0.39 is 20.6 Å². The van der Waals surface area contributed by atoms with Gasteiger partial charge in [0.2, 0.25) is 10.0 Å². The van der Waals surface area contributed by atoms with E-state index in [1.807, 2.05) is 31.2 Å². The van der Waals surface area contributed by atoms with Crippen LogP contribution in [0.1, 0.15) is 22.7 Å². The number of morpholine rings is 1. The lowest BCUT2D eigenvalue weighted by Crippen LogP contribution is -2.44. The van der Waals surface area contributed by atoms with Gasteiger partial charge in [-0.2, -0.15) is 0 Å². The van der Waals surface area contributed by atoms with Crippen LogP contribution in [0.15, 0.2) is 47.4 Å². The van der Waals surface area contributed by atoms with Gasteiger partial charge in [-0.1, -0.05) is 42.0 Å². The lowest BCUT2D eigenvalue weighted by molar-refractivity contribution is -0.387. The molecule has 2 aromatic carbocycles. The third-order valence-electron chi connectivity index (χ3n) is 5.04. The second-order valence-electron chi connectivity index (χ2n) is 7.11. The summed E-state index contributed by atoms with van der Waals surface area (Å²) in [5.41, 5.74) is 1.99. The fraction of sp³-hybridized carbons (Fsp3) is 0.400. The predicted octanol–water partition coefficient (Wildman–Crippen LogP) is 2.56. The lowest BCUT2D eigenvalue weighted by Gasteiger charge is -2.35. The Morgan fingerprint density at radius 1 is 1.17 bits per heavy atom. The van der Waals surface area contributed by atoms with Crippen LogP contribution in [0.5, 0.6) is 0 Å². The summed E-state index contributed by atoms with van der Waals surface area (Å²) in [6.07, 6.45) is 0. The first-order valence-corrected chi connectivity index (χ1v) is 10.9. The Bertz CT molecular complexity index is 987. The maximum Gasteiger partial charge on any atom is 0.289 e. The molecular formula is C20H25N3O5S. The second kappa shape index (κ2) is 9.00. The molecule has 0 aromatic heterocycles. The Labute approximate surface area is 170 Å². The van der Waals surface area contributed by atoms with Crippen LogP contribution >= 0.6 is 0 Å². The smallest absolute Gasteiger partial charge is 0.289 e. The molecule has 3 rings (SSSR count). The van der Waals surface area contributed by atoms with Gasteiger partial charge in [0.1, 0.15) is 0 Å². The first-order chi connectivity index (χ1) is 13.8. The van der Waals surface area contributed by atoms with Crippen molar-refractivity contribution in [3.63, 3.8) is 0 Å². The molecule has 156 valence electrons. The van der Waals surface area contributed by atoms with E-state index >= 15 is 0 Å². The zero-order chi connectivity index (χ0) is 21.0. The van der Waals surface area contributed by atoms with Crippen LogP contribution in [0, 0.1) is 24.0 Å². The van der Waals surface area contributed by atoms with Crippen LogP contribution in [0.3, 0.4) is 0 Å². The number of aryl methyl sites for hydroxylation is 2. The molecule has 1 saturated heterocycles.